The smallest absolute Gasteiger partial charge is 0.490 e. The Morgan fingerprint density at radius 1 is 1.05 bits per heavy atom. The summed E-state index contributed by atoms with van der Waals surface area (Å²) in [6, 6.07) is 19.1. The lowest BCUT2D eigenvalue weighted by Gasteiger charge is -2.25. The normalized spacial score (nSPS) is 16.2. The van der Waals surface area contributed by atoms with Gasteiger partial charge in [0.15, 0.2) is 0 Å². The van der Waals surface area contributed by atoms with Crippen LogP contribution in [0.3, 0.4) is 0 Å². The van der Waals surface area contributed by atoms with Crippen molar-refractivity contribution in [2.75, 3.05) is 20.2 Å². The molecule has 0 spiro atoms. The van der Waals surface area contributed by atoms with Crippen LogP contribution < -0.4 is 10.1 Å². The van der Waals surface area contributed by atoms with Crippen LogP contribution in [0.4, 0.5) is 13.2 Å². The Morgan fingerprint density at radius 2 is 1.73 bits per heavy atom. The molecule has 6 nitrogen and oxygen atoms in total. The van der Waals surface area contributed by atoms with E-state index >= 15 is 0 Å². The summed E-state index contributed by atoms with van der Waals surface area (Å²) in [4.78, 5) is 25.2. The molecule has 1 aliphatic heterocycles. The summed E-state index contributed by atoms with van der Waals surface area (Å²) < 4.78 is 37.1. The maximum atomic E-state index is 13.0. The first-order valence-electron chi connectivity index (χ1n) is 13.4. The second-order valence-corrected chi connectivity index (χ2v) is 12.0. The molecule has 0 aliphatic carbocycles. The van der Waals surface area contributed by atoms with E-state index in [9.17, 15) is 18.0 Å². The molecule has 1 aliphatic rings. The molecule has 0 bridgehead atoms. The van der Waals surface area contributed by atoms with Crippen LogP contribution in [0.25, 0.3) is 11.1 Å². The van der Waals surface area contributed by atoms with Crippen molar-refractivity contribution in [3.8, 4) is 16.9 Å². The Hall–Kier alpha value is -3.37. The molecule has 1 aromatic heterocycles. The molecule has 4 rings (SSSR count). The molecule has 1 atom stereocenters. The summed E-state index contributed by atoms with van der Waals surface area (Å²) in [7, 11) is 1.67. The summed E-state index contributed by atoms with van der Waals surface area (Å²) in [5.41, 5.74) is 4.98. The average molecular weight is 591 g/mol. The number of nitrogens with zero attached hydrogens (tertiary/aromatic N) is 1. The molecule has 2 aromatic carbocycles. The van der Waals surface area contributed by atoms with E-state index in [0.717, 1.165) is 54.2 Å². The number of alkyl halides is 3. The van der Waals surface area contributed by atoms with Crippen molar-refractivity contribution in [3.05, 3.63) is 76.0 Å². The quantitative estimate of drug-likeness (QED) is 0.319. The van der Waals surface area contributed by atoms with E-state index in [1.165, 1.54) is 28.9 Å². The number of thiophene rings is 1. The molecule has 41 heavy (non-hydrogen) atoms. The number of halogens is 3. The van der Waals surface area contributed by atoms with Crippen molar-refractivity contribution in [1.29, 1.82) is 0 Å². The van der Waals surface area contributed by atoms with E-state index in [1.807, 2.05) is 35.7 Å². The fourth-order valence-electron chi connectivity index (χ4n) is 4.52. The minimum atomic E-state index is -5.08. The number of carboxylic acid groups (broad SMARTS) is 1. The van der Waals surface area contributed by atoms with Crippen LogP contribution in [0.15, 0.2) is 60.0 Å². The van der Waals surface area contributed by atoms with E-state index in [2.05, 4.69) is 55.3 Å². The topological polar surface area (TPSA) is 78.9 Å². The van der Waals surface area contributed by atoms with E-state index in [0.29, 0.717) is 0 Å². The first-order chi connectivity index (χ1) is 19.3. The number of nitrogens with one attached hydrogen (secondary N) is 1. The molecule has 3 aromatic rings. The van der Waals surface area contributed by atoms with Crippen molar-refractivity contribution in [1.82, 2.24) is 10.2 Å². The number of hydrogen-bond acceptors (Lipinski definition) is 5. The number of aliphatic carboxylic acids is 1. The number of ether oxygens (including phenoxy) is 1. The Balaban J connectivity index is 0.000000587. The van der Waals surface area contributed by atoms with Gasteiger partial charge in [0.2, 0.25) is 0 Å². The highest BCUT2D eigenvalue weighted by Gasteiger charge is 2.38. The minimum absolute atomic E-state index is 0.0283. The predicted molar refractivity (Wildman–Crippen MR) is 156 cm³/mol. The summed E-state index contributed by atoms with van der Waals surface area (Å²) in [5.74, 6) is -1.91. The zero-order valence-electron chi connectivity index (χ0n) is 23.8. The van der Waals surface area contributed by atoms with Gasteiger partial charge in [-0.2, -0.15) is 13.2 Å². The molecule has 1 unspecified atom stereocenters. The predicted octanol–water partition coefficient (Wildman–Crippen LogP) is 7.14. The van der Waals surface area contributed by atoms with Crippen LogP contribution in [-0.4, -0.2) is 54.3 Å². The van der Waals surface area contributed by atoms with Gasteiger partial charge in [-0.1, -0.05) is 63.6 Å². The second kappa shape index (κ2) is 14.0. The number of methoxy groups -OCH3 is 1. The Labute approximate surface area is 243 Å². The molecular weight excluding hydrogens is 553 g/mol. The van der Waals surface area contributed by atoms with Crippen molar-refractivity contribution < 1.29 is 32.6 Å². The lowest BCUT2D eigenvalue weighted by atomic mass is 9.87. The Morgan fingerprint density at radius 3 is 2.34 bits per heavy atom. The van der Waals surface area contributed by atoms with Gasteiger partial charge < -0.3 is 15.2 Å². The molecular formula is C31H37F3N2O4S. The maximum absolute atomic E-state index is 13.0. The summed E-state index contributed by atoms with van der Waals surface area (Å²) in [6.45, 7) is 9.63. The van der Waals surface area contributed by atoms with E-state index < -0.39 is 12.1 Å². The van der Waals surface area contributed by atoms with Crippen LogP contribution in [0.2, 0.25) is 0 Å². The number of carbonyl (C=O) groups is 2. The largest absolute Gasteiger partial charge is 0.497 e. The van der Waals surface area contributed by atoms with Crippen LogP contribution in [-0.2, 0) is 16.8 Å². The first-order valence-corrected chi connectivity index (χ1v) is 14.3. The van der Waals surface area contributed by atoms with Gasteiger partial charge in [0, 0.05) is 19.1 Å². The molecule has 1 fully saturated rings. The van der Waals surface area contributed by atoms with Crippen LogP contribution >= 0.6 is 11.3 Å². The highest BCUT2D eigenvalue weighted by Crippen LogP contribution is 2.29. The number of likely N-dealkylation sites (tertiary alicyclic amines) is 1. The average Bonchev–Trinajstić information content (AvgIpc) is 3.31. The zero-order chi connectivity index (χ0) is 30.2. The monoisotopic (exact) mass is 590 g/mol. The van der Waals surface area contributed by atoms with Crippen molar-refractivity contribution in [2.45, 2.75) is 64.2 Å². The molecule has 10 heteroatoms. The number of benzene rings is 2. The van der Waals surface area contributed by atoms with Crippen molar-refractivity contribution in [3.63, 3.8) is 0 Å². The molecule has 1 amide bonds. The Bertz CT molecular complexity index is 1300. The number of rotatable bonds is 6. The molecule has 1 saturated heterocycles. The van der Waals surface area contributed by atoms with Gasteiger partial charge in [-0.3, -0.25) is 9.69 Å². The summed E-state index contributed by atoms with van der Waals surface area (Å²) in [5, 5.41) is 12.5. The summed E-state index contributed by atoms with van der Waals surface area (Å²) >= 11 is 1.50. The zero-order valence-corrected chi connectivity index (χ0v) is 24.6. The van der Waals surface area contributed by atoms with Crippen LogP contribution in [0.1, 0.15) is 60.8 Å². The highest BCUT2D eigenvalue weighted by atomic mass is 32.1. The second-order valence-electron chi connectivity index (χ2n) is 11.1. The number of amides is 1. The van der Waals surface area contributed by atoms with Gasteiger partial charge in [0.05, 0.1) is 12.0 Å². The van der Waals surface area contributed by atoms with Gasteiger partial charge in [0.1, 0.15) is 5.75 Å². The third kappa shape index (κ3) is 9.89. The minimum Gasteiger partial charge on any atom is -0.497 e. The van der Waals surface area contributed by atoms with Gasteiger partial charge in [-0.15, -0.1) is 11.3 Å². The Kier molecular flexibility index (Phi) is 11.0. The maximum Gasteiger partial charge on any atom is 0.490 e. The van der Waals surface area contributed by atoms with E-state index in [1.54, 1.807) is 7.11 Å². The lowest BCUT2D eigenvalue weighted by Crippen LogP contribution is -2.42. The fraction of sp³-hybridized carbons (Fsp3) is 0.419. The summed E-state index contributed by atoms with van der Waals surface area (Å²) in [6.07, 6.45) is -1.74. The van der Waals surface area contributed by atoms with Gasteiger partial charge in [-0.05, 0) is 70.6 Å². The molecule has 0 radical (unpaired) electrons. The first kappa shape index (κ1) is 32.1. The third-order valence-corrected chi connectivity index (χ3v) is 7.71. The molecule has 2 heterocycles. The standard InChI is InChI=1S/C29H36N2O2S.C2HF3O2/c1-29(2,3)24-13-11-21(12-14-24)18-31-15-6-5-9-25(19-31)30-28(32)27-17-23(20-34-27)22-8-7-10-26(16-22)33-4;3-2(4,5)1(6)7/h7-8,10-14,16-17,20,25H,5-6,9,15,18-19H2,1-4H3,(H,30,32);(H,6,7). The van der Waals surface area contributed by atoms with Crippen molar-refractivity contribution >= 4 is 23.2 Å². The molecule has 0 saturated carbocycles. The lowest BCUT2D eigenvalue weighted by molar-refractivity contribution is -0.192. The number of carbonyl (C=O) groups excluding carboxylic acids is 1. The van der Waals surface area contributed by atoms with Gasteiger partial charge in [-0.25, -0.2) is 4.79 Å². The van der Waals surface area contributed by atoms with Crippen molar-refractivity contribution in [2.24, 2.45) is 0 Å². The van der Waals surface area contributed by atoms with E-state index in [-0.39, 0.29) is 17.4 Å². The molecule has 2 N–H and O–H groups in total. The van der Waals surface area contributed by atoms with Gasteiger partial charge in [0.25, 0.3) is 5.91 Å². The number of carboxylic acids is 1. The third-order valence-electron chi connectivity index (χ3n) is 6.79. The fourth-order valence-corrected chi connectivity index (χ4v) is 5.34. The molecule has 222 valence electrons. The SMILES string of the molecule is COc1cccc(-c2csc(C(=O)NC3CCCCN(Cc4ccc(C(C)(C)C)cc4)C3)c2)c1.O=C(O)C(F)(F)F. The van der Waals surface area contributed by atoms with Gasteiger partial charge >= 0.3 is 12.1 Å². The van der Waals surface area contributed by atoms with E-state index in [4.69, 9.17) is 14.6 Å². The van der Waals surface area contributed by atoms with Crippen LogP contribution in [0, 0.1) is 0 Å². The highest BCUT2D eigenvalue weighted by molar-refractivity contribution is 7.12. The number of hydrogen-bond donors (Lipinski definition) is 2. The van der Waals surface area contributed by atoms with Crippen LogP contribution in [0.5, 0.6) is 5.75 Å².